The number of amides is 3. The van der Waals surface area contributed by atoms with Gasteiger partial charge in [-0.25, -0.2) is 4.79 Å². The third kappa shape index (κ3) is 4.35. The first-order valence-corrected chi connectivity index (χ1v) is 8.07. The Hall–Kier alpha value is -2.82. The number of aryl methyl sites for hydroxylation is 2. The molecule has 124 valence electrons. The molecular formula is C19H21N3O2. The maximum Gasteiger partial charge on any atom is 0.319 e. The van der Waals surface area contributed by atoms with Gasteiger partial charge in [-0.2, -0.15) is 0 Å². The van der Waals surface area contributed by atoms with Gasteiger partial charge in [-0.05, 0) is 63.1 Å². The van der Waals surface area contributed by atoms with Gasteiger partial charge in [0.05, 0.1) is 0 Å². The molecule has 1 fully saturated rings. The lowest BCUT2D eigenvalue weighted by Gasteiger charge is -2.09. The Morgan fingerprint density at radius 3 is 1.96 bits per heavy atom. The highest BCUT2D eigenvalue weighted by molar-refractivity contribution is 6.04. The summed E-state index contributed by atoms with van der Waals surface area (Å²) in [6.45, 7) is 3.94. The first kappa shape index (κ1) is 16.1. The first-order valence-electron chi connectivity index (χ1n) is 8.07. The number of hydrogen-bond donors (Lipinski definition) is 3. The molecule has 0 heterocycles. The van der Waals surface area contributed by atoms with Gasteiger partial charge in [-0.15, -0.1) is 0 Å². The predicted molar refractivity (Wildman–Crippen MR) is 95.5 cm³/mol. The molecule has 2 aromatic carbocycles. The van der Waals surface area contributed by atoms with Crippen molar-refractivity contribution in [3.63, 3.8) is 0 Å². The normalized spacial score (nSPS) is 13.2. The van der Waals surface area contributed by atoms with Crippen molar-refractivity contribution < 1.29 is 9.59 Å². The second-order valence-corrected chi connectivity index (χ2v) is 6.28. The Balaban J connectivity index is 1.60. The lowest BCUT2D eigenvalue weighted by atomic mass is 10.1. The minimum absolute atomic E-state index is 0.144. The van der Waals surface area contributed by atoms with Gasteiger partial charge in [0.15, 0.2) is 0 Å². The van der Waals surface area contributed by atoms with Gasteiger partial charge in [0, 0.05) is 23.0 Å². The Morgan fingerprint density at radius 1 is 0.875 bits per heavy atom. The quantitative estimate of drug-likeness (QED) is 0.800. The van der Waals surface area contributed by atoms with Gasteiger partial charge < -0.3 is 16.0 Å². The second-order valence-electron chi connectivity index (χ2n) is 6.28. The van der Waals surface area contributed by atoms with Crippen molar-refractivity contribution in [1.29, 1.82) is 0 Å². The van der Waals surface area contributed by atoms with Crippen LogP contribution in [0.3, 0.4) is 0 Å². The minimum Gasteiger partial charge on any atom is -0.335 e. The van der Waals surface area contributed by atoms with Crippen molar-refractivity contribution >= 4 is 23.3 Å². The molecule has 0 unspecified atom stereocenters. The number of nitrogens with one attached hydrogen (secondary N) is 3. The highest BCUT2D eigenvalue weighted by atomic mass is 16.2. The molecule has 1 saturated carbocycles. The van der Waals surface area contributed by atoms with E-state index >= 15 is 0 Å². The zero-order valence-electron chi connectivity index (χ0n) is 13.8. The number of carbonyl (C=O) groups is 2. The molecule has 0 aromatic heterocycles. The summed E-state index contributed by atoms with van der Waals surface area (Å²) >= 11 is 0. The van der Waals surface area contributed by atoms with Crippen LogP contribution in [-0.2, 0) is 0 Å². The van der Waals surface area contributed by atoms with Crippen LogP contribution in [0.1, 0.15) is 34.3 Å². The van der Waals surface area contributed by atoms with Crippen molar-refractivity contribution in [2.75, 3.05) is 10.6 Å². The molecular weight excluding hydrogens is 302 g/mol. The number of rotatable bonds is 4. The van der Waals surface area contributed by atoms with Crippen LogP contribution < -0.4 is 16.0 Å². The lowest BCUT2D eigenvalue weighted by Crippen LogP contribution is -2.30. The number of carbonyl (C=O) groups excluding carboxylic acids is 2. The van der Waals surface area contributed by atoms with E-state index < -0.39 is 0 Å². The fraction of sp³-hybridized carbons (Fsp3) is 0.263. The molecule has 1 aliphatic carbocycles. The molecule has 0 saturated heterocycles. The topological polar surface area (TPSA) is 70.2 Å². The summed E-state index contributed by atoms with van der Waals surface area (Å²) < 4.78 is 0. The molecule has 1 aliphatic rings. The molecule has 3 amide bonds. The van der Waals surface area contributed by atoms with Crippen LogP contribution in [0, 0.1) is 13.8 Å². The molecule has 5 nitrogen and oxygen atoms in total. The molecule has 0 aliphatic heterocycles. The second kappa shape index (κ2) is 6.74. The number of hydrogen-bond acceptors (Lipinski definition) is 2. The van der Waals surface area contributed by atoms with Crippen molar-refractivity contribution in [1.82, 2.24) is 5.32 Å². The van der Waals surface area contributed by atoms with E-state index in [0.717, 1.165) is 24.0 Å². The van der Waals surface area contributed by atoms with Gasteiger partial charge in [0.1, 0.15) is 0 Å². The molecule has 2 aromatic rings. The van der Waals surface area contributed by atoms with E-state index in [1.807, 2.05) is 32.0 Å². The highest BCUT2D eigenvalue weighted by Gasteiger charge is 2.23. The molecule has 5 heteroatoms. The molecule has 0 atom stereocenters. The first-order chi connectivity index (χ1) is 11.5. The minimum atomic E-state index is -0.190. The van der Waals surface area contributed by atoms with E-state index in [9.17, 15) is 9.59 Å². The summed E-state index contributed by atoms with van der Waals surface area (Å²) in [5.74, 6) is -0.144. The Bertz CT molecular complexity index is 744. The van der Waals surface area contributed by atoms with Crippen LogP contribution in [0.15, 0.2) is 42.5 Å². The Labute approximate surface area is 141 Å². The summed E-state index contributed by atoms with van der Waals surface area (Å²) in [6.07, 6.45) is 2.10. The molecule has 0 radical (unpaired) electrons. The largest absolute Gasteiger partial charge is 0.335 e. The Kier molecular flexibility index (Phi) is 4.51. The average molecular weight is 323 g/mol. The smallest absolute Gasteiger partial charge is 0.319 e. The van der Waals surface area contributed by atoms with E-state index in [4.69, 9.17) is 0 Å². The SMILES string of the molecule is Cc1cc(C)cc(C(=O)Nc2ccc(NC(=O)NC3CC3)cc2)c1. The van der Waals surface area contributed by atoms with Crippen LogP contribution in [0.25, 0.3) is 0 Å². The molecule has 0 bridgehead atoms. The monoisotopic (exact) mass is 323 g/mol. The predicted octanol–water partition coefficient (Wildman–Crippen LogP) is 3.84. The fourth-order valence-electron chi connectivity index (χ4n) is 2.53. The summed E-state index contributed by atoms with van der Waals surface area (Å²) in [5.41, 5.74) is 4.13. The maximum absolute atomic E-state index is 12.3. The van der Waals surface area contributed by atoms with Gasteiger partial charge in [-0.1, -0.05) is 17.2 Å². The molecule has 24 heavy (non-hydrogen) atoms. The Morgan fingerprint density at radius 2 is 1.42 bits per heavy atom. The number of urea groups is 1. The van der Waals surface area contributed by atoms with Gasteiger partial charge in [0.2, 0.25) is 0 Å². The van der Waals surface area contributed by atoms with Gasteiger partial charge >= 0.3 is 6.03 Å². The number of anilines is 2. The zero-order chi connectivity index (χ0) is 17.1. The van der Waals surface area contributed by atoms with Crippen LogP contribution in [-0.4, -0.2) is 18.0 Å². The summed E-state index contributed by atoms with van der Waals surface area (Å²) in [4.78, 5) is 24.0. The van der Waals surface area contributed by atoms with E-state index in [-0.39, 0.29) is 11.9 Å². The van der Waals surface area contributed by atoms with E-state index in [2.05, 4.69) is 16.0 Å². The zero-order valence-corrected chi connectivity index (χ0v) is 13.8. The maximum atomic E-state index is 12.3. The van der Waals surface area contributed by atoms with Crippen molar-refractivity contribution in [2.24, 2.45) is 0 Å². The van der Waals surface area contributed by atoms with Crippen molar-refractivity contribution in [3.8, 4) is 0 Å². The molecule has 0 spiro atoms. The van der Waals surface area contributed by atoms with Gasteiger partial charge in [-0.3, -0.25) is 4.79 Å². The third-order valence-electron chi connectivity index (χ3n) is 3.80. The van der Waals surface area contributed by atoms with E-state index in [1.54, 1.807) is 24.3 Å². The molecule has 3 rings (SSSR count). The van der Waals surface area contributed by atoms with Crippen molar-refractivity contribution in [3.05, 3.63) is 59.2 Å². The summed E-state index contributed by atoms with van der Waals surface area (Å²) in [6, 6.07) is 13.0. The standard InChI is InChI=1S/C19H21N3O2/c1-12-9-13(2)11-14(10-12)18(23)20-15-3-5-16(6-4-15)21-19(24)22-17-7-8-17/h3-6,9-11,17H,7-8H2,1-2H3,(H,20,23)(H2,21,22,24). The van der Waals surface area contributed by atoms with E-state index in [0.29, 0.717) is 23.0 Å². The van der Waals surface area contributed by atoms with Crippen LogP contribution in [0.5, 0.6) is 0 Å². The van der Waals surface area contributed by atoms with Gasteiger partial charge in [0.25, 0.3) is 5.91 Å². The average Bonchev–Trinajstić information content (AvgIpc) is 3.32. The summed E-state index contributed by atoms with van der Waals surface area (Å²) in [7, 11) is 0. The fourth-order valence-corrected chi connectivity index (χ4v) is 2.53. The van der Waals surface area contributed by atoms with Crippen LogP contribution in [0.4, 0.5) is 16.2 Å². The third-order valence-corrected chi connectivity index (χ3v) is 3.80. The highest BCUT2D eigenvalue weighted by Crippen LogP contribution is 2.19. The van der Waals surface area contributed by atoms with Crippen molar-refractivity contribution in [2.45, 2.75) is 32.7 Å². The van der Waals surface area contributed by atoms with Crippen LogP contribution >= 0.6 is 0 Å². The number of benzene rings is 2. The summed E-state index contributed by atoms with van der Waals surface area (Å²) in [5, 5.41) is 8.51. The molecule has 3 N–H and O–H groups in total. The lowest BCUT2D eigenvalue weighted by molar-refractivity contribution is 0.102. The van der Waals surface area contributed by atoms with Crippen LogP contribution in [0.2, 0.25) is 0 Å². The van der Waals surface area contributed by atoms with E-state index in [1.165, 1.54) is 0 Å².